The number of alkyl halides is 3. The first-order valence-electron chi connectivity index (χ1n) is 31.2. The highest BCUT2D eigenvalue weighted by Crippen LogP contribution is 2.36. The summed E-state index contributed by atoms with van der Waals surface area (Å²) in [5, 5.41) is 8.79. The number of rotatable bonds is 26. The number of guanidine groups is 1. The molecule has 2 saturated heterocycles. The van der Waals surface area contributed by atoms with Gasteiger partial charge in [0.2, 0.25) is 5.96 Å². The van der Waals surface area contributed by atoms with Gasteiger partial charge in [-0.1, -0.05) is 70.7 Å². The number of nitrogens with two attached hydrogens (primary N) is 2. The van der Waals surface area contributed by atoms with Gasteiger partial charge in [-0.2, -0.15) is 45.1 Å². The second-order valence-corrected chi connectivity index (χ2v) is 28.3. The van der Waals surface area contributed by atoms with Crippen LogP contribution in [0.3, 0.4) is 0 Å². The number of amides is 6. The van der Waals surface area contributed by atoms with Gasteiger partial charge in [-0.15, -0.1) is 4.40 Å². The average molecular weight is 1330 g/mol. The van der Waals surface area contributed by atoms with E-state index in [1.165, 1.54) is 56.6 Å². The minimum absolute atomic E-state index is 0.142. The lowest BCUT2D eigenvalue weighted by Crippen LogP contribution is -2.44. The standard InChI is InChI=1S/C27H38N4O5S.C21H31N3O3S.C8H13F3N2O4S.C6H15N/c1-27(2,3)36-26(34)30-25-28-20-17-37-21(22(20)29-25)13-5-4-9-15-35-16-10-8-14-31-23(32)18-11-6-7-12-19(18)24(31)33;22-17-14-28-18(19(17)23)10-2-1-6-12-27-13-7-5-11-24-20(25)15-8-3-4-9-16(15)21(24)26;1-5(12-6(14)17-7(2,3)4)13-18(15,16)8(9,10)11;1-4-7(5-2)6-3/h6-7,11-12,20-22H,4-5,8-10,13-17H2,1-3H3,(H2,28,29,30,34);3-4,8-9,17-19H,1-2,5-7,10-14,22-23H2;1-4H3,(H,12,13,14);4-6H2,1-3H3/t20-,21-,22-;17-,18-,19-;;/m00../s1. The molecule has 5 heterocycles. The van der Waals surface area contributed by atoms with E-state index in [9.17, 15) is 50.4 Å². The third-order valence-electron chi connectivity index (χ3n) is 14.7. The van der Waals surface area contributed by atoms with Gasteiger partial charge < -0.3 is 40.6 Å². The fraction of sp³-hybridized carbons (Fsp3) is 0.677. The number of benzene rings is 2. The minimum atomic E-state index is -5.67. The zero-order valence-corrected chi connectivity index (χ0v) is 56.4. The Hall–Kier alpha value is -5.36. The molecule has 90 heavy (non-hydrogen) atoms. The number of thioether (sulfide) groups is 2. The second kappa shape index (κ2) is 37.4. The number of halogens is 3. The van der Waals surface area contributed by atoms with E-state index in [-0.39, 0.29) is 47.8 Å². The summed E-state index contributed by atoms with van der Waals surface area (Å²) in [5.74, 6) is 1.01. The van der Waals surface area contributed by atoms with Gasteiger partial charge in [0, 0.05) is 73.6 Å². The monoisotopic (exact) mass is 1330 g/mol. The molecule has 7 N–H and O–H groups in total. The predicted molar refractivity (Wildman–Crippen MR) is 348 cm³/mol. The van der Waals surface area contributed by atoms with Crippen LogP contribution >= 0.6 is 23.5 Å². The number of aliphatic imine (C=N–C) groups is 1. The normalized spacial score (nSPS) is 20.4. The number of ether oxygens (including phenoxy) is 4. The maximum atomic E-state index is 12.4. The van der Waals surface area contributed by atoms with Crippen LogP contribution < -0.4 is 27.4 Å². The quantitative estimate of drug-likeness (QED) is 0.0253. The molecule has 5 aliphatic heterocycles. The third kappa shape index (κ3) is 25.6. The first-order valence-corrected chi connectivity index (χ1v) is 34.7. The largest absolute Gasteiger partial charge is 0.518 e. The van der Waals surface area contributed by atoms with Crippen LogP contribution in [0.1, 0.15) is 188 Å². The molecule has 2 fully saturated rings. The van der Waals surface area contributed by atoms with Crippen LogP contribution in [-0.4, -0.2) is 193 Å². The number of nitrogens with zero attached hydrogens (tertiary/aromatic N) is 5. The van der Waals surface area contributed by atoms with Crippen molar-refractivity contribution >= 4 is 81.2 Å². The van der Waals surface area contributed by atoms with Gasteiger partial charge in [-0.3, -0.25) is 39.6 Å². The third-order valence-corrected chi connectivity index (χ3v) is 18.8. The molecule has 22 nitrogen and oxygen atoms in total. The average Bonchev–Trinajstić information content (AvgIpc) is 1.72. The molecule has 5 aliphatic rings. The van der Waals surface area contributed by atoms with Crippen LogP contribution in [0, 0.1) is 0 Å². The van der Waals surface area contributed by atoms with Crippen molar-refractivity contribution in [3.63, 3.8) is 0 Å². The number of alkyl carbamates (subject to hydrolysis) is 2. The molecular formula is C62H97F3N10O12S3. The van der Waals surface area contributed by atoms with Crippen molar-refractivity contribution in [1.82, 2.24) is 30.7 Å². The topological polar surface area (TPSA) is 296 Å². The number of hydrogen-bond acceptors (Lipinski definition) is 19. The Morgan fingerprint density at radius 1 is 0.656 bits per heavy atom. The number of carbonyl (C=O) groups excluding carboxylic acids is 6. The van der Waals surface area contributed by atoms with E-state index < -0.39 is 44.8 Å². The van der Waals surface area contributed by atoms with E-state index in [4.69, 9.17) is 35.4 Å². The van der Waals surface area contributed by atoms with Crippen molar-refractivity contribution in [2.45, 2.75) is 198 Å². The number of imide groups is 2. The summed E-state index contributed by atoms with van der Waals surface area (Å²) in [6.45, 7) is 24.8. The molecule has 6 atom stereocenters. The maximum absolute atomic E-state index is 12.4. The molecule has 0 radical (unpaired) electrons. The van der Waals surface area contributed by atoms with Gasteiger partial charge in [0.25, 0.3) is 23.6 Å². The summed E-state index contributed by atoms with van der Waals surface area (Å²) >= 11 is 3.86. The maximum Gasteiger partial charge on any atom is 0.518 e. The fourth-order valence-electron chi connectivity index (χ4n) is 9.94. The Balaban J connectivity index is 0.000000288. The Kier molecular flexibility index (Phi) is 32.0. The number of hydrogen-bond donors (Lipinski definition) is 5. The fourth-order valence-corrected chi connectivity index (χ4v) is 13.4. The van der Waals surface area contributed by atoms with E-state index in [0.717, 1.165) is 102 Å². The number of amidine groups is 1. The highest BCUT2D eigenvalue weighted by atomic mass is 32.2. The number of nitrogens with one attached hydrogen (secondary N) is 3. The Morgan fingerprint density at radius 3 is 1.46 bits per heavy atom. The molecular weight excluding hydrogens is 1230 g/mol. The summed E-state index contributed by atoms with van der Waals surface area (Å²) in [7, 11) is -5.67. The number of unbranched alkanes of at least 4 members (excludes halogenated alkanes) is 6. The second-order valence-electron chi connectivity index (χ2n) is 24.1. The summed E-state index contributed by atoms with van der Waals surface area (Å²) < 4.78 is 81.0. The van der Waals surface area contributed by atoms with Gasteiger partial charge >= 0.3 is 27.7 Å². The van der Waals surface area contributed by atoms with Crippen molar-refractivity contribution in [3.05, 3.63) is 70.8 Å². The number of fused-ring (bicyclic) bond motifs is 3. The zero-order chi connectivity index (χ0) is 66.8. The Morgan fingerprint density at radius 2 is 1.07 bits per heavy atom. The van der Waals surface area contributed by atoms with E-state index in [2.05, 4.69) is 40.7 Å². The first kappa shape index (κ1) is 77.1. The van der Waals surface area contributed by atoms with Gasteiger partial charge in [0.15, 0.2) is 0 Å². The lowest BCUT2D eigenvalue weighted by Gasteiger charge is -2.19. The van der Waals surface area contributed by atoms with Crippen LogP contribution in [0.4, 0.5) is 22.8 Å². The summed E-state index contributed by atoms with van der Waals surface area (Å²) in [6, 6.07) is 14.7. The van der Waals surface area contributed by atoms with E-state index in [1.807, 2.05) is 44.3 Å². The Labute approximate surface area is 538 Å². The summed E-state index contributed by atoms with van der Waals surface area (Å²) in [5.41, 5.74) is 7.18. The lowest BCUT2D eigenvalue weighted by atomic mass is 10.0. The number of sulfonamides is 1. The molecule has 0 aromatic heterocycles. The molecule has 506 valence electrons. The molecule has 7 rings (SSSR count). The number of carbonyl (C=O) groups is 6. The summed E-state index contributed by atoms with van der Waals surface area (Å²) in [6.07, 6.45) is 10.4. The van der Waals surface area contributed by atoms with E-state index >= 15 is 0 Å². The van der Waals surface area contributed by atoms with Crippen molar-refractivity contribution in [2.75, 3.05) is 70.7 Å². The molecule has 6 amide bonds. The molecule has 0 unspecified atom stereocenters. The molecule has 0 spiro atoms. The molecule has 2 aromatic carbocycles. The smallest absolute Gasteiger partial charge is 0.444 e. The minimum Gasteiger partial charge on any atom is -0.444 e. The van der Waals surface area contributed by atoms with E-state index in [0.29, 0.717) is 65.0 Å². The molecule has 0 bridgehead atoms. The van der Waals surface area contributed by atoms with E-state index in [1.54, 1.807) is 53.8 Å². The van der Waals surface area contributed by atoms with Gasteiger partial charge in [-0.05, 0) is 144 Å². The highest BCUT2D eigenvalue weighted by Gasteiger charge is 2.46. The van der Waals surface area contributed by atoms with Crippen molar-refractivity contribution < 1.29 is 69.3 Å². The highest BCUT2D eigenvalue weighted by molar-refractivity contribution is 8.00. The lowest BCUT2D eigenvalue weighted by molar-refractivity contribution is -0.0435. The molecule has 28 heteroatoms. The van der Waals surface area contributed by atoms with Gasteiger partial charge in [0.05, 0.1) is 34.3 Å². The zero-order valence-electron chi connectivity index (χ0n) is 54.0. The van der Waals surface area contributed by atoms with Crippen molar-refractivity contribution in [2.24, 2.45) is 20.9 Å². The van der Waals surface area contributed by atoms with Crippen molar-refractivity contribution in [1.29, 1.82) is 0 Å². The van der Waals surface area contributed by atoms with Crippen LogP contribution in [0.15, 0.2) is 57.9 Å². The van der Waals surface area contributed by atoms with Crippen LogP contribution in [0.25, 0.3) is 0 Å². The molecule has 2 aromatic rings. The van der Waals surface area contributed by atoms with Crippen molar-refractivity contribution in [3.8, 4) is 0 Å². The van der Waals surface area contributed by atoms with Crippen LogP contribution in [-0.2, 0) is 29.0 Å². The van der Waals surface area contributed by atoms with Crippen LogP contribution in [0.2, 0.25) is 0 Å². The first-order chi connectivity index (χ1) is 42.4. The van der Waals surface area contributed by atoms with Gasteiger partial charge in [0.1, 0.15) is 17.0 Å². The summed E-state index contributed by atoms with van der Waals surface area (Å²) in [4.78, 5) is 82.2. The molecule has 0 saturated carbocycles. The van der Waals surface area contributed by atoms with Gasteiger partial charge in [-0.25, -0.2) is 14.6 Å². The van der Waals surface area contributed by atoms with Crippen LogP contribution in [0.5, 0.6) is 0 Å². The predicted octanol–water partition coefficient (Wildman–Crippen LogP) is 9.51. The molecule has 0 aliphatic carbocycles. The Bertz CT molecular complexity index is 2760. The SMILES string of the molecule is CC(=NS(=O)(=O)C(F)(F)F)NC(=O)OC(C)(C)C.CC(C)(C)OC(=O)NC1=N[C@H]2[C@H](CS[C@H]2CCCCCOCCCCN2C(=O)c3ccccc3C2=O)N1.CCN(CC)CC.N[C@@H]1[C@H](CCCCCOCCCCN2C(=O)c3ccccc3C2=O)SC[C@@H]1N.